The first-order valence-corrected chi connectivity index (χ1v) is 5.27. The van der Waals surface area contributed by atoms with E-state index in [1.165, 1.54) is 0 Å². The first kappa shape index (κ1) is 10.7. The van der Waals surface area contributed by atoms with Crippen molar-refractivity contribution in [2.24, 2.45) is 0 Å². The van der Waals surface area contributed by atoms with Crippen molar-refractivity contribution in [3.63, 3.8) is 0 Å². The fourth-order valence-corrected chi connectivity index (χ4v) is 1.61. The molecule has 1 aromatic rings. The van der Waals surface area contributed by atoms with E-state index in [4.69, 9.17) is 4.74 Å². The van der Waals surface area contributed by atoms with Gasteiger partial charge in [-0.25, -0.2) is 0 Å². The molecule has 1 N–H and O–H groups in total. The van der Waals surface area contributed by atoms with Gasteiger partial charge in [-0.05, 0) is 5.56 Å². The van der Waals surface area contributed by atoms with Crippen LogP contribution in [0.4, 0.5) is 0 Å². The van der Waals surface area contributed by atoms with Crippen molar-refractivity contribution in [3.05, 3.63) is 35.9 Å². The van der Waals surface area contributed by atoms with E-state index in [1.54, 1.807) is 0 Å². The SMILES string of the molecule is O=C1CCC(C(=O)NCc2ccccc2)O1. The van der Waals surface area contributed by atoms with Gasteiger partial charge in [0.25, 0.3) is 5.91 Å². The third-order valence-corrected chi connectivity index (χ3v) is 2.49. The molecule has 1 aliphatic rings. The second-order valence-corrected chi connectivity index (χ2v) is 3.72. The Morgan fingerprint density at radius 1 is 1.38 bits per heavy atom. The van der Waals surface area contributed by atoms with Crippen molar-refractivity contribution in [2.75, 3.05) is 0 Å². The summed E-state index contributed by atoms with van der Waals surface area (Å²) in [5.74, 6) is -0.505. The lowest BCUT2D eigenvalue weighted by Crippen LogP contribution is -2.33. The minimum absolute atomic E-state index is 0.213. The first-order chi connectivity index (χ1) is 7.75. The molecule has 1 heterocycles. The predicted octanol–water partition coefficient (Wildman–Crippen LogP) is 1.01. The molecule has 0 saturated carbocycles. The summed E-state index contributed by atoms with van der Waals surface area (Å²) < 4.78 is 4.86. The van der Waals surface area contributed by atoms with Gasteiger partial charge in [-0.2, -0.15) is 0 Å². The number of carbonyl (C=O) groups is 2. The maximum atomic E-state index is 11.6. The number of hydrogen-bond acceptors (Lipinski definition) is 3. The second-order valence-electron chi connectivity index (χ2n) is 3.72. The fourth-order valence-electron chi connectivity index (χ4n) is 1.61. The molecular formula is C12H13NO3. The van der Waals surface area contributed by atoms with Crippen molar-refractivity contribution < 1.29 is 14.3 Å². The van der Waals surface area contributed by atoms with Gasteiger partial charge >= 0.3 is 5.97 Å². The molecule has 1 aromatic carbocycles. The van der Waals surface area contributed by atoms with E-state index < -0.39 is 6.10 Å². The summed E-state index contributed by atoms with van der Waals surface area (Å²) in [5.41, 5.74) is 1.03. The molecule has 0 spiro atoms. The van der Waals surface area contributed by atoms with Gasteiger partial charge in [-0.15, -0.1) is 0 Å². The third-order valence-electron chi connectivity index (χ3n) is 2.49. The molecule has 1 atom stereocenters. The molecule has 1 amide bonds. The lowest BCUT2D eigenvalue weighted by molar-refractivity contribution is -0.148. The van der Waals surface area contributed by atoms with Gasteiger partial charge in [0.1, 0.15) is 0 Å². The van der Waals surface area contributed by atoms with Gasteiger partial charge in [0.05, 0.1) is 0 Å². The standard InChI is InChI=1S/C12H13NO3/c14-11-7-6-10(16-11)12(15)13-8-9-4-2-1-3-5-9/h1-5,10H,6-8H2,(H,13,15). The molecule has 1 fully saturated rings. The van der Waals surface area contributed by atoms with E-state index >= 15 is 0 Å². The zero-order valence-electron chi connectivity index (χ0n) is 8.81. The minimum atomic E-state index is -0.601. The number of amides is 1. The Kier molecular flexibility index (Phi) is 3.19. The van der Waals surface area contributed by atoms with Crippen molar-refractivity contribution in [3.8, 4) is 0 Å². The van der Waals surface area contributed by atoms with Crippen LogP contribution >= 0.6 is 0 Å². The van der Waals surface area contributed by atoms with Crippen LogP contribution in [0.5, 0.6) is 0 Å². The normalized spacial score (nSPS) is 19.2. The highest BCUT2D eigenvalue weighted by Crippen LogP contribution is 2.13. The topological polar surface area (TPSA) is 55.4 Å². The zero-order valence-corrected chi connectivity index (χ0v) is 8.81. The molecule has 4 nitrogen and oxygen atoms in total. The summed E-state index contributed by atoms with van der Waals surface area (Å²) in [4.78, 5) is 22.4. The predicted molar refractivity (Wildman–Crippen MR) is 57.4 cm³/mol. The maximum absolute atomic E-state index is 11.6. The Labute approximate surface area is 93.6 Å². The van der Waals surface area contributed by atoms with E-state index in [9.17, 15) is 9.59 Å². The Morgan fingerprint density at radius 2 is 2.12 bits per heavy atom. The Hall–Kier alpha value is -1.84. The molecule has 2 rings (SSSR count). The van der Waals surface area contributed by atoms with E-state index in [0.717, 1.165) is 5.56 Å². The molecular weight excluding hydrogens is 206 g/mol. The smallest absolute Gasteiger partial charge is 0.306 e. The molecule has 84 valence electrons. The van der Waals surface area contributed by atoms with Crippen LogP contribution in [-0.4, -0.2) is 18.0 Å². The van der Waals surface area contributed by atoms with Crippen molar-refractivity contribution in [1.29, 1.82) is 0 Å². The number of nitrogens with one attached hydrogen (secondary N) is 1. The van der Waals surface area contributed by atoms with Gasteiger partial charge in [0, 0.05) is 19.4 Å². The minimum Gasteiger partial charge on any atom is -0.452 e. The Balaban J connectivity index is 1.82. The van der Waals surface area contributed by atoms with Gasteiger partial charge in [-0.3, -0.25) is 9.59 Å². The lowest BCUT2D eigenvalue weighted by atomic mass is 10.2. The van der Waals surface area contributed by atoms with Crippen LogP contribution < -0.4 is 5.32 Å². The van der Waals surface area contributed by atoms with Crippen LogP contribution in [0.25, 0.3) is 0 Å². The quantitative estimate of drug-likeness (QED) is 0.772. The van der Waals surface area contributed by atoms with Crippen LogP contribution in [0.15, 0.2) is 30.3 Å². The number of esters is 1. The Morgan fingerprint density at radius 3 is 2.75 bits per heavy atom. The van der Waals surface area contributed by atoms with E-state index in [-0.39, 0.29) is 11.9 Å². The van der Waals surface area contributed by atoms with Crippen molar-refractivity contribution >= 4 is 11.9 Å². The van der Waals surface area contributed by atoms with Crippen molar-refractivity contribution in [1.82, 2.24) is 5.32 Å². The molecule has 1 saturated heterocycles. The average Bonchev–Trinajstić information content (AvgIpc) is 2.74. The van der Waals surface area contributed by atoms with Gasteiger partial charge in [-0.1, -0.05) is 30.3 Å². The molecule has 1 unspecified atom stereocenters. The molecule has 0 aliphatic carbocycles. The third kappa shape index (κ3) is 2.59. The second kappa shape index (κ2) is 4.79. The summed E-state index contributed by atoms with van der Waals surface area (Å²) in [6.07, 6.45) is 0.222. The number of cyclic esters (lactones) is 1. The molecule has 0 bridgehead atoms. The summed E-state index contributed by atoms with van der Waals surface area (Å²) in [5, 5.41) is 2.75. The first-order valence-electron chi connectivity index (χ1n) is 5.27. The van der Waals surface area contributed by atoms with Crippen molar-refractivity contribution in [2.45, 2.75) is 25.5 Å². The van der Waals surface area contributed by atoms with Crippen LogP contribution in [0, 0.1) is 0 Å². The highest BCUT2D eigenvalue weighted by molar-refractivity contribution is 5.86. The number of carbonyl (C=O) groups excluding carboxylic acids is 2. The highest BCUT2D eigenvalue weighted by Gasteiger charge is 2.29. The van der Waals surface area contributed by atoms with Gasteiger partial charge in [0.2, 0.25) is 0 Å². The zero-order chi connectivity index (χ0) is 11.4. The fraction of sp³-hybridized carbons (Fsp3) is 0.333. The van der Waals surface area contributed by atoms with E-state index in [1.807, 2.05) is 30.3 Å². The average molecular weight is 219 g/mol. The van der Waals surface area contributed by atoms with Gasteiger partial charge < -0.3 is 10.1 Å². The van der Waals surface area contributed by atoms with Gasteiger partial charge in [0.15, 0.2) is 6.10 Å². The van der Waals surface area contributed by atoms with Crippen LogP contribution in [-0.2, 0) is 20.9 Å². The maximum Gasteiger partial charge on any atom is 0.306 e. The van der Waals surface area contributed by atoms with E-state index in [0.29, 0.717) is 19.4 Å². The number of ether oxygens (including phenoxy) is 1. The molecule has 16 heavy (non-hydrogen) atoms. The molecule has 0 aromatic heterocycles. The molecule has 4 heteroatoms. The summed E-state index contributed by atoms with van der Waals surface area (Å²) in [6, 6.07) is 9.61. The number of hydrogen-bond donors (Lipinski definition) is 1. The summed E-state index contributed by atoms with van der Waals surface area (Å²) in [7, 11) is 0. The summed E-state index contributed by atoms with van der Waals surface area (Å²) in [6.45, 7) is 0.466. The summed E-state index contributed by atoms with van der Waals surface area (Å²) >= 11 is 0. The largest absolute Gasteiger partial charge is 0.452 e. The Bertz CT molecular complexity index is 389. The molecule has 0 radical (unpaired) electrons. The lowest BCUT2D eigenvalue weighted by Gasteiger charge is -2.09. The van der Waals surface area contributed by atoms with Crippen LogP contribution in [0.3, 0.4) is 0 Å². The van der Waals surface area contributed by atoms with E-state index in [2.05, 4.69) is 5.32 Å². The number of benzene rings is 1. The molecule has 1 aliphatic heterocycles. The van der Waals surface area contributed by atoms with Crippen LogP contribution in [0.2, 0.25) is 0 Å². The van der Waals surface area contributed by atoms with Crippen LogP contribution in [0.1, 0.15) is 18.4 Å². The monoisotopic (exact) mass is 219 g/mol. The highest BCUT2D eigenvalue weighted by atomic mass is 16.6. The number of rotatable bonds is 3.